The Labute approximate surface area is 142 Å². The number of nitrogens with zero attached hydrogens (tertiary/aromatic N) is 3. The van der Waals surface area contributed by atoms with Crippen LogP contribution in [0.3, 0.4) is 0 Å². The van der Waals surface area contributed by atoms with E-state index >= 15 is 0 Å². The first-order valence-electron chi connectivity index (χ1n) is 8.68. The van der Waals surface area contributed by atoms with E-state index < -0.39 is 9.84 Å². The van der Waals surface area contributed by atoms with E-state index in [2.05, 4.69) is 38.2 Å². The fourth-order valence-electron chi connectivity index (χ4n) is 3.88. The van der Waals surface area contributed by atoms with Gasteiger partial charge in [-0.05, 0) is 37.6 Å². The Morgan fingerprint density at radius 1 is 1.12 bits per heavy atom. The molecule has 2 aromatic rings. The molecule has 0 saturated carbocycles. The van der Waals surface area contributed by atoms with E-state index in [1.165, 1.54) is 5.56 Å². The molecule has 0 aliphatic carbocycles. The lowest BCUT2D eigenvalue weighted by Crippen LogP contribution is -2.50. The summed E-state index contributed by atoms with van der Waals surface area (Å²) in [5, 5.41) is 8.25. The number of nitrogens with one attached hydrogen (secondary N) is 1. The lowest BCUT2D eigenvalue weighted by Gasteiger charge is -2.40. The second kappa shape index (κ2) is 6.46. The van der Waals surface area contributed by atoms with Crippen LogP contribution in [0.25, 0.3) is 10.9 Å². The molecule has 1 aromatic carbocycles. The van der Waals surface area contributed by atoms with E-state index in [1.807, 2.05) is 6.20 Å². The molecule has 130 valence electrons. The number of fused-ring (bicyclic) bond motifs is 1. The number of piperidine rings is 1. The number of benzene rings is 1. The molecule has 6 nitrogen and oxygen atoms in total. The Hall–Kier alpha value is -1.44. The van der Waals surface area contributed by atoms with Crippen LogP contribution in [-0.2, 0) is 16.4 Å². The molecule has 3 heterocycles. The van der Waals surface area contributed by atoms with Crippen molar-refractivity contribution in [3.63, 3.8) is 0 Å². The molecular weight excluding hydrogens is 324 g/mol. The zero-order chi connectivity index (χ0) is 16.6. The van der Waals surface area contributed by atoms with Crippen LogP contribution in [0.4, 0.5) is 0 Å². The molecule has 0 unspecified atom stereocenters. The predicted molar refractivity (Wildman–Crippen MR) is 94.6 cm³/mol. The Morgan fingerprint density at radius 2 is 1.88 bits per heavy atom. The highest BCUT2D eigenvalue weighted by atomic mass is 32.2. The van der Waals surface area contributed by atoms with Gasteiger partial charge in [0.15, 0.2) is 9.84 Å². The number of aromatic nitrogens is 2. The van der Waals surface area contributed by atoms with Crippen LogP contribution in [0.15, 0.2) is 24.4 Å². The van der Waals surface area contributed by atoms with Crippen molar-refractivity contribution in [2.24, 2.45) is 0 Å². The average molecular weight is 348 g/mol. The topological polar surface area (TPSA) is 69.3 Å². The van der Waals surface area contributed by atoms with Gasteiger partial charge in [0, 0.05) is 31.1 Å². The SMILES string of the molecule is O=S1(=O)CCN(C2CCN(Cc3ccc4cn[nH]c4c3)CC2)CC1. The summed E-state index contributed by atoms with van der Waals surface area (Å²) in [6.07, 6.45) is 4.11. The summed E-state index contributed by atoms with van der Waals surface area (Å²) in [6, 6.07) is 7.03. The van der Waals surface area contributed by atoms with Crippen LogP contribution in [0, 0.1) is 0 Å². The van der Waals surface area contributed by atoms with Crippen LogP contribution in [0.5, 0.6) is 0 Å². The quantitative estimate of drug-likeness (QED) is 0.904. The molecule has 1 N–H and O–H groups in total. The summed E-state index contributed by atoms with van der Waals surface area (Å²) in [5.74, 6) is 0.662. The van der Waals surface area contributed by atoms with Gasteiger partial charge in [-0.3, -0.25) is 14.9 Å². The maximum atomic E-state index is 11.6. The van der Waals surface area contributed by atoms with E-state index in [4.69, 9.17) is 0 Å². The summed E-state index contributed by atoms with van der Waals surface area (Å²) in [6.45, 7) is 4.55. The minimum atomic E-state index is -2.78. The third kappa shape index (κ3) is 3.48. The fraction of sp³-hybridized carbons (Fsp3) is 0.588. The number of aromatic amines is 1. The summed E-state index contributed by atoms with van der Waals surface area (Å²) in [7, 11) is -2.78. The summed E-state index contributed by atoms with van der Waals surface area (Å²) >= 11 is 0. The first kappa shape index (κ1) is 16.1. The molecule has 0 radical (unpaired) electrons. The van der Waals surface area contributed by atoms with Crippen LogP contribution in [0.2, 0.25) is 0 Å². The minimum absolute atomic E-state index is 0.331. The molecule has 0 bridgehead atoms. The van der Waals surface area contributed by atoms with Gasteiger partial charge in [0.2, 0.25) is 0 Å². The van der Waals surface area contributed by atoms with Crippen molar-refractivity contribution in [3.8, 4) is 0 Å². The van der Waals surface area contributed by atoms with Crippen molar-refractivity contribution < 1.29 is 8.42 Å². The highest BCUT2D eigenvalue weighted by molar-refractivity contribution is 7.91. The highest BCUT2D eigenvalue weighted by Gasteiger charge is 2.29. The maximum absolute atomic E-state index is 11.6. The van der Waals surface area contributed by atoms with Crippen LogP contribution in [0.1, 0.15) is 18.4 Å². The molecule has 7 heteroatoms. The minimum Gasteiger partial charge on any atom is -0.299 e. The van der Waals surface area contributed by atoms with Gasteiger partial charge in [0.1, 0.15) is 0 Å². The van der Waals surface area contributed by atoms with Gasteiger partial charge in [0.05, 0.1) is 23.2 Å². The summed E-state index contributed by atoms with van der Waals surface area (Å²) in [5.41, 5.74) is 2.41. The Morgan fingerprint density at radius 3 is 2.62 bits per heavy atom. The van der Waals surface area contributed by atoms with E-state index in [9.17, 15) is 8.42 Å². The third-order valence-corrected chi connectivity index (χ3v) is 6.97. The van der Waals surface area contributed by atoms with Gasteiger partial charge >= 0.3 is 0 Å². The Kier molecular flexibility index (Phi) is 4.32. The highest BCUT2D eigenvalue weighted by Crippen LogP contribution is 2.21. The molecule has 2 saturated heterocycles. The Balaban J connectivity index is 1.31. The fourth-order valence-corrected chi connectivity index (χ4v) is 5.10. The first-order valence-corrected chi connectivity index (χ1v) is 10.5. The molecule has 0 amide bonds. The van der Waals surface area contributed by atoms with Gasteiger partial charge < -0.3 is 0 Å². The average Bonchev–Trinajstić information content (AvgIpc) is 3.03. The molecule has 24 heavy (non-hydrogen) atoms. The molecule has 2 aliphatic heterocycles. The number of rotatable bonds is 3. The molecule has 2 fully saturated rings. The van der Waals surface area contributed by atoms with Gasteiger partial charge in [-0.1, -0.05) is 12.1 Å². The van der Waals surface area contributed by atoms with Gasteiger partial charge in [-0.25, -0.2) is 8.42 Å². The second-order valence-corrected chi connectivity index (χ2v) is 9.29. The van der Waals surface area contributed by atoms with Crippen LogP contribution < -0.4 is 0 Å². The van der Waals surface area contributed by atoms with Crippen molar-refractivity contribution in [2.75, 3.05) is 37.7 Å². The number of hydrogen-bond acceptors (Lipinski definition) is 5. The molecule has 1 aromatic heterocycles. The normalized spacial score (nSPS) is 23.7. The first-order chi connectivity index (χ1) is 11.6. The molecular formula is C17H24N4O2S. The second-order valence-electron chi connectivity index (χ2n) is 6.99. The van der Waals surface area contributed by atoms with E-state index in [-0.39, 0.29) is 0 Å². The lowest BCUT2D eigenvalue weighted by molar-refractivity contribution is 0.111. The number of likely N-dealkylation sites (tertiary alicyclic amines) is 1. The van der Waals surface area contributed by atoms with Crippen molar-refractivity contribution in [2.45, 2.75) is 25.4 Å². The standard InChI is InChI=1S/C17H24N4O2S/c22-24(23)9-7-21(8-10-24)16-3-5-20(6-4-16)13-14-1-2-15-12-18-19-17(15)11-14/h1-2,11-12,16H,3-10,13H2,(H,18,19). The van der Waals surface area contributed by atoms with E-state index in [0.717, 1.165) is 43.4 Å². The van der Waals surface area contributed by atoms with Crippen LogP contribution in [-0.4, -0.2) is 72.1 Å². The van der Waals surface area contributed by atoms with Crippen molar-refractivity contribution in [1.82, 2.24) is 20.0 Å². The molecule has 4 rings (SSSR count). The van der Waals surface area contributed by atoms with Gasteiger partial charge in [-0.2, -0.15) is 5.10 Å². The summed E-state index contributed by atoms with van der Waals surface area (Å²) < 4.78 is 23.1. The third-order valence-electron chi connectivity index (χ3n) is 5.37. The zero-order valence-corrected chi connectivity index (χ0v) is 14.6. The number of sulfone groups is 1. The van der Waals surface area contributed by atoms with Crippen molar-refractivity contribution in [3.05, 3.63) is 30.0 Å². The predicted octanol–water partition coefficient (Wildman–Crippen LogP) is 1.26. The van der Waals surface area contributed by atoms with E-state index in [1.54, 1.807) is 0 Å². The number of H-pyrrole nitrogens is 1. The molecule has 2 aliphatic rings. The molecule has 0 spiro atoms. The lowest BCUT2D eigenvalue weighted by atomic mass is 10.0. The largest absolute Gasteiger partial charge is 0.299 e. The zero-order valence-electron chi connectivity index (χ0n) is 13.8. The summed E-state index contributed by atoms with van der Waals surface area (Å²) in [4.78, 5) is 4.88. The van der Waals surface area contributed by atoms with Gasteiger partial charge in [-0.15, -0.1) is 0 Å². The maximum Gasteiger partial charge on any atom is 0.152 e. The van der Waals surface area contributed by atoms with Crippen LogP contribution >= 0.6 is 0 Å². The van der Waals surface area contributed by atoms with Gasteiger partial charge in [0.25, 0.3) is 0 Å². The smallest absolute Gasteiger partial charge is 0.152 e. The van der Waals surface area contributed by atoms with E-state index in [0.29, 0.717) is 30.6 Å². The molecule has 0 atom stereocenters. The van der Waals surface area contributed by atoms with Crippen molar-refractivity contribution in [1.29, 1.82) is 0 Å². The Bertz CT molecular complexity index is 795. The number of hydrogen-bond donors (Lipinski definition) is 1. The van der Waals surface area contributed by atoms with Crippen molar-refractivity contribution >= 4 is 20.7 Å². The monoisotopic (exact) mass is 348 g/mol.